The number of methoxy groups -OCH3 is 1. The number of hydrogen-bond donors (Lipinski definition) is 2. The summed E-state index contributed by atoms with van der Waals surface area (Å²) in [7, 11) is 5.61. The predicted molar refractivity (Wildman–Crippen MR) is 121 cm³/mol. The Labute approximate surface area is 176 Å². The van der Waals surface area contributed by atoms with Crippen LogP contribution in [0.1, 0.15) is 29.9 Å². The van der Waals surface area contributed by atoms with E-state index < -0.39 is 0 Å². The minimum absolute atomic E-state index is 0.114. The number of hydrogen-bond acceptors (Lipinski definition) is 7. The van der Waals surface area contributed by atoms with Gasteiger partial charge in [-0.1, -0.05) is 18.2 Å². The fourth-order valence-electron chi connectivity index (χ4n) is 3.53. The van der Waals surface area contributed by atoms with E-state index in [4.69, 9.17) is 27.7 Å². The second-order valence-corrected chi connectivity index (χ2v) is 7.52. The quantitative estimate of drug-likeness (QED) is 0.423. The van der Waals surface area contributed by atoms with Gasteiger partial charge in [0, 0.05) is 33.4 Å². The van der Waals surface area contributed by atoms with Crippen molar-refractivity contribution in [2.45, 2.75) is 18.8 Å². The van der Waals surface area contributed by atoms with E-state index in [0.29, 0.717) is 5.92 Å². The number of rotatable bonds is 6. The lowest BCUT2D eigenvalue weighted by Gasteiger charge is -2.33. The van der Waals surface area contributed by atoms with Gasteiger partial charge in [-0.15, -0.1) is 0 Å². The molecule has 1 aromatic heterocycles. The van der Waals surface area contributed by atoms with E-state index in [1.165, 1.54) is 5.56 Å². The van der Waals surface area contributed by atoms with Crippen LogP contribution in [0.2, 0.25) is 0 Å². The fourth-order valence-corrected chi connectivity index (χ4v) is 3.59. The molecule has 0 aliphatic carbocycles. The molecule has 154 valence electrons. The van der Waals surface area contributed by atoms with Crippen LogP contribution >= 0.6 is 12.2 Å². The molecular formula is C20H27N7OS. The van der Waals surface area contributed by atoms with E-state index in [1.807, 2.05) is 31.1 Å². The first kappa shape index (κ1) is 20.8. The van der Waals surface area contributed by atoms with Crippen molar-refractivity contribution in [2.75, 3.05) is 44.1 Å². The SMILES string of the molecule is COc1ccccc1C1CCN(c2ncc(/C=N/NC(N)=S)c(N(C)C)n2)CC1. The van der Waals surface area contributed by atoms with E-state index in [1.54, 1.807) is 19.5 Å². The Hall–Kier alpha value is -2.94. The molecular weight excluding hydrogens is 386 g/mol. The van der Waals surface area contributed by atoms with Crippen LogP contribution in [0.3, 0.4) is 0 Å². The number of nitrogens with zero attached hydrogens (tertiary/aromatic N) is 5. The molecule has 1 saturated heterocycles. The Morgan fingerprint density at radius 1 is 1.34 bits per heavy atom. The number of thiocarbonyl (C=S) groups is 1. The van der Waals surface area contributed by atoms with Gasteiger partial charge in [0.1, 0.15) is 11.6 Å². The summed E-state index contributed by atoms with van der Waals surface area (Å²) < 4.78 is 5.54. The largest absolute Gasteiger partial charge is 0.496 e. The topological polar surface area (TPSA) is 91.9 Å². The molecule has 1 aliphatic heterocycles. The first-order valence-electron chi connectivity index (χ1n) is 9.50. The summed E-state index contributed by atoms with van der Waals surface area (Å²) in [5.41, 5.74) is 10.0. The van der Waals surface area contributed by atoms with E-state index in [-0.39, 0.29) is 5.11 Å². The molecule has 0 unspecified atom stereocenters. The van der Waals surface area contributed by atoms with Gasteiger partial charge in [-0.3, -0.25) is 5.43 Å². The molecule has 3 rings (SSSR count). The van der Waals surface area contributed by atoms with Gasteiger partial charge in [-0.25, -0.2) is 4.98 Å². The molecule has 1 aliphatic rings. The third kappa shape index (κ3) is 5.11. The highest BCUT2D eigenvalue weighted by molar-refractivity contribution is 7.80. The molecule has 0 amide bonds. The van der Waals surface area contributed by atoms with Crippen molar-refractivity contribution in [1.29, 1.82) is 0 Å². The van der Waals surface area contributed by atoms with Crippen LogP contribution in [-0.4, -0.2) is 55.6 Å². The van der Waals surface area contributed by atoms with Gasteiger partial charge in [0.25, 0.3) is 0 Å². The molecule has 0 spiro atoms. The number of anilines is 2. The second kappa shape index (κ2) is 9.51. The summed E-state index contributed by atoms with van der Waals surface area (Å²) in [6.07, 6.45) is 5.45. The Bertz CT molecular complexity index is 879. The molecule has 3 N–H and O–H groups in total. The van der Waals surface area contributed by atoms with Gasteiger partial charge >= 0.3 is 0 Å². The number of benzene rings is 1. The van der Waals surface area contributed by atoms with Crippen molar-refractivity contribution in [3.63, 3.8) is 0 Å². The highest BCUT2D eigenvalue weighted by Crippen LogP contribution is 2.34. The van der Waals surface area contributed by atoms with Crippen LogP contribution in [0.5, 0.6) is 5.75 Å². The van der Waals surface area contributed by atoms with Crippen molar-refractivity contribution < 1.29 is 4.74 Å². The highest BCUT2D eigenvalue weighted by Gasteiger charge is 2.24. The summed E-state index contributed by atoms with van der Waals surface area (Å²) in [6.45, 7) is 1.79. The van der Waals surface area contributed by atoms with E-state index in [9.17, 15) is 0 Å². The molecule has 29 heavy (non-hydrogen) atoms. The maximum absolute atomic E-state index is 5.54. The molecule has 9 heteroatoms. The van der Waals surface area contributed by atoms with Gasteiger partial charge in [-0.05, 0) is 42.6 Å². The minimum Gasteiger partial charge on any atom is -0.496 e. The van der Waals surface area contributed by atoms with Crippen LogP contribution in [0.15, 0.2) is 35.6 Å². The number of piperidine rings is 1. The van der Waals surface area contributed by atoms with Crippen LogP contribution in [0.4, 0.5) is 11.8 Å². The molecule has 0 bridgehead atoms. The summed E-state index contributed by atoms with van der Waals surface area (Å²) >= 11 is 4.76. The Balaban J connectivity index is 1.72. The lowest BCUT2D eigenvalue weighted by Crippen LogP contribution is -2.34. The Morgan fingerprint density at radius 3 is 2.72 bits per heavy atom. The van der Waals surface area contributed by atoms with Crippen molar-refractivity contribution in [2.24, 2.45) is 10.8 Å². The number of nitrogens with one attached hydrogen (secondary N) is 1. The van der Waals surface area contributed by atoms with Crippen LogP contribution < -0.4 is 25.7 Å². The molecule has 0 atom stereocenters. The third-order valence-electron chi connectivity index (χ3n) is 4.94. The normalized spacial score (nSPS) is 14.8. The highest BCUT2D eigenvalue weighted by atomic mass is 32.1. The van der Waals surface area contributed by atoms with Gasteiger partial charge in [0.2, 0.25) is 5.95 Å². The van der Waals surface area contributed by atoms with Gasteiger partial charge < -0.3 is 20.3 Å². The van der Waals surface area contributed by atoms with Gasteiger partial charge in [-0.2, -0.15) is 10.1 Å². The first-order valence-corrected chi connectivity index (χ1v) is 9.91. The molecule has 1 aromatic carbocycles. The number of hydrazone groups is 1. The standard InChI is InChI=1S/C20H27N7OS/c1-26(2)18-15(13-23-25-19(21)29)12-22-20(24-18)27-10-8-14(9-11-27)16-6-4-5-7-17(16)28-3/h4-7,12-14H,8-11H2,1-3H3,(H3,21,25,29)/b23-13+. The summed E-state index contributed by atoms with van der Waals surface area (Å²) in [5.74, 6) is 2.96. The van der Waals surface area contributed by atoms with E-state index in [2.05, 4.69) is 32.5 Å². The molecule has 1 fully saturated rings. The molecule has 0 radical (unpaired) electrons. The number of para-hydroxylation sites is 1. The number of aromatic nitrogens is 2. The molecule has 2 aromatic rings. The number of ether oxygens (including phenoxy) is 1. The van der Waals surface area contributed by atoms with E-state index >= 15 is 0 Å². The number of nitrogens with two attached hydrogens (primary N) is 1. The maximum Gasteiger partial charge on any atom is 0.227 e. The Morgan fingerprint density at radius 2 is 2.07 bits per heavy atom. The minimum atomic E-state index is 0.114. The monoisotopic (exact) mass is 413 g/mol. The van der Waals surface area contributed by atoms with Crippen molar-refractivity contribution in [3.8, 4) is 5.75 Å². The summed E-state index contributed by atoms with van der Waals surface area (Å²) in [6, 6.07) is 8.27. The fraction of sp³-hybridized carbons (Fsp3) is 0.400. The summed E-state index contributed by atoms with van der Waals surface area (Å²) in [4.78, 5) is 13.5. The predicted octanol–water partition coefficient (Wildman–Crippen LogP) is 2.10. The Kier molecular flexibility index (Phi) is 6.82. The van der Waals surface area contributed by atoms with Crippen LogP contribution in [0, 0.1) is 0 Å². The lowest BCUT2D eigenvalue weighted by atomic mass is 9.89. The molecule has 8 nitrogen and oxygen atoms in total. The third-order valence-corrected chi connectivity index (χ3v) is 5.03. The zero-order valence-electron chi connectivity index (χ0n) is 17.0. The first-order chi connectivity index (χ1) is 14.0. The molecule has 0 saturated carbocycles. The summed E-state index contributed by atoms with van der Waals surface area (Å²) in [5, 5.41) is 4.13. The molecule has 2 heterocycles. The lowest BCUT2D eigenvalue weighted by molar-refractivity contribution is 0.397. The second-order valence-electron chi connectivity index (χ2n) is 7.08. The van der Waals surface area contributed by atoms with E-state index in [0.717, 1.165) is 49.0 Å². The average Bonchev–Trinajstić information content (AvgIpc) is 2.73. The zero-order valence-corrected chi connectivity index (χ0v) is 17.8. The maximum atomic E-state index is 5.54. The van der Waals surface area contributed by atoms with Crippen molar-refractivity contribution in [3.05, 3.63) is 41.6 Å². The van der Waals surface area contributed by atoms with Gasteiger partial charge in [0.05, 0.1) is 18.9 Å². The smallest absolute Gasteiger partial charge is 0.227 e. The van der Waals surface area contributed by atoms with Crippen LogP contribution in [-0.2, 0) is 0 Å². The van der Waals surface area contributed by atoms with Crippen LogP contribution in [0.25, 0.3) is 0 Å². The van der Waals surface area contributed by atoms with Crippen molar-refractivity contribution in [1.82, 2.24) is 15.4 Å². The van der Waals surface area contributed by atoms with Gasteiger partial charge in [0.15, 0.2) is 5.11 Å². The average molecular weight is 414 g/mol. The zero-order chi connectivity index (χ0) is 20.8. The van der Waals surface area contributed by atoms with Crippen molar-refractivity contribution >= 4 is 35.3 Å².